The van der Waals surface area contributed by atoms with E-state index < -0.39 is 0 Å². The van der Waals surface area contributed by atoms with Crippen molar-refractivity contribution in [2.24, 2.45) is 10.4 Å². The van der Waals surface area contributed by atoms with E-state index in [-0.39, 0.29) is 35.3 Å². The molecule has 3 N–H and O–H groups in total. The number of carbonyl (C=O) groups excluding carboxylic acids is 1. The van der Waals surface area contributed by atoms with Crippen molar-refractivity contribution in [2.75, 3.05) is 33.5 Å². The summed E-state index contributed by atoms with van der Waals surface area (Å²) >= 11 is 0. The summed E-state index contributed by atoms with van der Waals surface area (Å²) in [5.74, 6) is 2.35. The summed E-state index contributed by atoms with van der Waals surface area (Å²) in [6, 6.07) is 5.97. The zero-order chi connectivity index (χ0) is 18.3. The maximum Gasteiger partial charge on any atom is 0.231 e. The largest absolute Gasteiger partial charge is 0.454 e. The molecule has 1 aliphatic heterocycles. The molecule has 26 heavy (non-hydrogen) atoms. The van der Waals surface area contributed by atoms with Gasteiger partial charge in [0.1, 0.15) is 0 Å². The van der Waals surface area contributed by atoms with Crippen molar-refractivity contribution in [3.8, 4) is 11.5 Å². The second-order valence-corrected chi connectivity index (χ2v) is 6.87. The van der Waals surface area contributed by atoms with Crippen molar-refractivity contribution in [3.63, 3.8) is 0 Å². The lowest BCUT2D eigenvalue weighted by molar-refractivity contribution is -0.128. The van der Waals surface area contributed by atoms with E-state index in [2.05, 4.69) is 20.9 Å². The molecule has 0 unspecified atom stereocenters. The molecule has 1 amide bonds. The molecule has 0 aliphatic carbocycles. The number of halogens is 1. The Morgan fingerprint density at radius 2 is 1.73 bits per heavy atom. The van der Waals surface area contributed by atoms with Crippen LogP contribution < -0.4 is 25.4 Å². The maximum absolute atomic E-state index is 11.8. The number of hydrogen-bond donors (Lipinski definition) is 3. The molecule has 1 aromatic rings. The minimum absolute atomic E-state index is 0. The van der Waals surface area contributed by atoms with E-state index in [0.29, 0.717) is 25.8 Å². The van der Waals surface area contributed by atoms with Gasteiger partial charge in [0.15, 0.2) is 17.5 Å². The van der Waals surface area contributed by atoms with Gasteiger partial charge in [-0.3, -0.25) is 9.79 Å². The predicted octanol–water partition coefficient (Wildman–Crippen LogP) is 1.90. The van der Waals surface area contributed by atoms with Gasteiger partial charge in [-0.25, -0.2) is 0 Å². The molecular weight excluding hydrogens is 447 g/mol. The number of hydrogen-bond acceptors (Lipinski definition) is 4. The zero-order valence-corrected chi connectivity index (χ0v) is 18.2. The monoisotopic (exact) mass is 476 g/mol. The van der Waals surface area contributed by atoms with Gasteiger partial charge in [-0.05, 0) is 24.1 Å². The van der Waals surface area contributed by atoms with Crippen LogP contribution in [0, 0.1) is 5.41 Å². The van der Waals surface area contributed by atoms with Gasteiger partial charge in [-0.15, -0.1) is 24.0 Å². The van der Waals surface area contributed by atoms with Gasteiger partial charge < -0.3 is 25.4 Å². The summed E-state index contributed by atoms with van der Waals surface area (Å²) < 4.78 is 10.7. The average molecular weight is 476 g/mol. The second kappa shape index (κ2) is 10.4. The smallest absolute Gasteiger partial charge is 0.231 e. The first-order valence-electron chi connectivity index (χ1n) is 8.51. The molecule has 1 aromatic carbocycles. The number of fused-ring (bicyclic) bond motifs is 1. The van der Waals surface area contributed by atoms with Gasteiger partial charge in [0, 0.05) is 32.1 Å². The number of carbonyl (C=O) groups is 1. The van der Waals surface area contributed by atoms with E-state index in [1.165, 1.54) is 5.56 Å². The molecule has 0 bridgehead atoms. The van der Waals surface area contributed by atoms with Crippen LogP contribution in [0.25, 0.3) is 0 Å². The Balaban J connectivity index is 0.00000338. The number of guanidine groups is 1. The average Bonchev–Trinajstić information content (AvgIpc) is 3.03. The lowest BCUT2D eigenvalue weighted by atomic mass is 9.96. The van der Waals surface area contributed by atoms with Crippen molar-refractivity contribution in [3.05, 3.63) is 23.8 Å². The highest BCUT2D eigenvalue weighted by Crippen LogP contribution is 2.32. The Hall–Kier alpha value is -1.71. The van der Waals surface area contributed by atoms with Gasteiger partial charge in [0.25, 0.3) is 0 Å². The topological polar surface area (TPSA) is 84.0 Å². The summed E-state index contributed by atoms with van der Waals surface area (Å²) in [7, 11) is 1.73. The van der Waals surface area contributed by atoms with Crippen molar-refractivity contribution in [1.29, 1.82) is 0 Å². The van der Waals surface area contributed by atoms with Crippen LogP contribution in [-0.2, 0) is 11.2 Å². The van der Waals surface area contributed by atoms with Gasteiger partial charge >= 0.3 is 0 Å². The van der Waals surface area contributed by atoms with Crippen molar-refractivity contribution >= 4 is 35.8 Å². The molecule has 0 fully saturated rings. The highest BCUT2D eigenvalue weighted by atomic mass is 127. The van der Waals surface area contributed by atoms with Gasteiger partial charge in [0.2, 0.25) is 12.7 Å². The molecule has 2 rings (SSSR count). The van der Waals surface area contributed by atoms with Crippen LogP contribution in [0.1, 0.15) is 26.3 Å². The molecule has 0 saturated carbocycles. The Labute approximate surface area is 172 Å². The SMILES string of the molecule is CN=C(NCCNC(=O)C(C)(C)C)NCCc1ccc2c(c1)OCO2.I. The van der Waals surface area contributed by atoms with Gasteiger partial charge in [-0.2, -0.15) is 0 Å². The van der Waals surface area contributed by atoms with E-state index in [1.807, 2.05) is 39.0 Å². The Morgan fingerprint density at radius 1 is 1.08 bits per heavy atom. The summed E-state index contributed by atoms with van der Waals surface area (Å²) in [5.41, 5.74) is 0.800. The van der Waals surface area contributed by atoms with E-state index in [4.69, 9.17) is 9.47 Å². The first-order valence-corrected chi connectivity index (χ1v) is 8.51. The lowest BCUT2D eigenvalue weighted by Gasteiger charge is -2.18. The van der Waals surface area contributed by atoms with E-state index >= 15 is 0 Å². The first kappa shape index (κ1) is 22.3. The Bertz CT molecular complexity index is 629. The minimum Gasteiger partial charge on any atom is -0.454 e. The van der Waals surface area contributed by atoms with Crippen LogP contribution in [0.3, 0.4) is 0 Å². The van der Waals surface area contributed by atoms with Gasteiger partial charge in [0.05, 0.1) is 0 Å². The third kappa shape index (κ3) is 6.89. The van der Waals surface area contributed by atoms with Crippen molar-refractivity contribution in [1.82, 2.24) is 16.0 Å². The number of rotatable bonds is 6. The predicted molar refractivity (Wildman–Crippen MR) is 114 cm³/mol. The Morgan fingerprint density at radius 3 is 2.42 bits per heavy atom. The van der Waals surface area contributed by atoms with E-state index in [1.54, 1.807) is 7.05 Å². The van der Waals surface area contributed by atoms with Crippen LogP contribution >= 0.6 is 24.0 Å². The molecule has 8 heteroatoms. The molecular formula is C18H29IN4O3. The molecule has 1 aliphatic rings. The minimum atomic E-state index is -0.370. The van der Waals surface area contributed by atoms with Crippen molar-refractivity contribution in [2.45, 2.75) is 27.2 Å². The number of nitrogens with zero attached hydrogens (tertiary/aromatic N) is 1. The second-order valence-electron chi connectivity index (χ2n) is 6.87. The lowest BCUT2D eigenvalue weighted by Crippen LogP contribution is -2.43. The van der Waals surface area contributed by atoms with Crippen LogP contribution in [0.15, 0.2) is 23.2 Å². The first-order chi connectivity index (χ1) is 11.9. The van der Waals surface area contributed by atoms with Crippen molar-refractivity contribution < 1.29 is 14.3 Å². The molecule has 0 radical (unpaired) electrons. The van der Waals surface area contributed by atoms with Crippen LogP contribution in [0.4, 0.5) is 0 Å². The maximum atomic E-state index is 11.8. The van der Waals surface area contributed by atoms with E-state index in [0.717, 1.165) is 24.5 Å². The van der Waals surface area contributed by atoms with E-state index in [9.17, 15) is 4.79 Å². The summed E-state index contributed by atoms with van der Waals surface area (Å²) in [6.07, 6.45) is 0.845. The Kier molecular flexibility index (Phi) is 8.97. The van der Waals surface area contributed by atoms with Crippen LogP contribution in [0.2, 0.25) is 0 Å². The number of nitrogens with one attached hydrogen (secondary N) is 3. The molecule has 0 atom stereocenters. The number of amides is 1. The third-order valence-electron chi connectivity index (χ3n) is 3.75. The fourth-order valence-corrected chi connectivity index (χ4v) is 2.26. The molecule has 146 valence electrons. The molecule has 0 saturated heterocycles. The quantitative estimate of drug-likeness (QED) is 0.253. The fraction of sp³-hybridized carbons (Fsp3) is 0.556. The fourth-order valence-electron chi connectivity index (χ4n) is 2.26. The molecule has 1 heterocycles. The van der Waals surface area contributed by atoms with Gasteiger partial charge in [-0.1, -0.05) is 26.8 Å². The highest BCUT2D eigenvalue weighted by molar-refractivity contribution is 14.0. The highest BCUT2D eigenvalue weighted by Gasteiger charge is 2.20. The molecule has 7 nitrogen and oxygen atoms in total. The molecule has 0 aromatic heterocycles. The zero-order valence-electron chi connectivity index (χ0n) is 15.8. The molecule has 0 spiro atoms. The number of benzene rings is 1. The summed E-state index contributed by atoms with van der Waals surface area (Å²) in [4.78, 5) is 16.0. The standard InChI is InChI=1S/C18H28N4O3.HI/c1-18(2,3)16(23)20-9-10-22-17(19-4)21-8-7-13-5-6-14-15(11-13)25-12-24-14;/h5-6,11H,7-10,12H2,1-4H3,(H,20,23)(H2,19,21,22);1H. The normalized spacial score (nSPS) is 13.0. The summed E-state index contributed by atoms with van der Waals surface area (Å²) in [5, 5.41) is 9.34. The number of ether oxygens (including phenoxy) is 2. The van der Waals surface area contributed by atoms with Crippen LogP contribution in [0.5, 0.6) is 11.5 Å². The van der Waals surface area contributed by atoms with Crippen LogP contribution in [-0.4, -0.2) is 45.3 Å². The number of aliphatic imine (C=N–C) groups is 1. The third-order valence-corrected chi connectivity index (χ3v) is 3.75. The summed E-state index contributed by atoms with van der Waals surface area (Å²) in [6.45, 7) is 7.89.